The first kappa shape index (κ1) is 13.4. The zero-order chi connectivity index (χ0) is 12.0. The van der Waals surface area contributed by atoms with Gasteiger partial charge >= 0.3 is 11.9 Å². The summed E-state index contributed by atoms with van der Waals surface area (Å²) in [6.45, 7) is 6.76. The maximum absolute atomic E-state index is 10.9. The second-order valence-corrected chi connectivity index (χ2v) is 3.14. The number of allylic oxidation sites excluding steroid dienone is 1. The van der Waals surface area contributed by atoms with Crippen molar-refractivity contribution in [3.63, 3.8) is 0 Å². The van der Waals surface area contributed by atoms with E-state index >= 15 is 0 Å². The maximum atomic E-state index is 10.9. The molecule has 0 aromatic carbocycles. The molecule has 4 nitrogen and oxygen atoms in total. The molecule has 0 aromatic rings. The lowest BCUT2D eigenvalue weighted by Gasteiger charge is -2.18. The molecule has 0 radical (unpaired) electrons. The van der Waals surface area contributed by atoms with Crippen LogP contribution in [0.4, 0.5) is 0 Å². The molecule has 0 aliphatic carbocycles. The number of carbonyl (C=O) groups is 2. The van der Waals surface area contributed by atoms with Crippen LogP contribution in [-0.4, -0.2) is 22.2 Å². The Morgan fingerprint density at radius 1 is 1.33 bits per heavy atom. The summed E-state index contributed by atoms with van der Waals surface area (Å²) in [5.41, 5.74) is 0.382. The molecular formula is C11H16O4. The van der Waals surface area contributed by atoms with Gasteiger partial charge in [0, 0.05) is 0 Å². The summed E-state index contributed by atoms with van der Waals surface area (Å²) >= 11 is 0. The molecule has 2 unspecified atom stereocenters. The smallest absolute Gasteiger partial charge is 0.314 e. The van der Waals surface area contributed by atoms with Crippen LogP contribution < -0.4 is 0 Å². The summed E-state index contributed by atoms with van der Waals surface area (Å²) < 4.78 is 0. The highest BCUT2D eigenvalue weighted by molar-refractivity contribution is 5.81. The third-order valence-electron chi connectivity index (χ3n) is 2.30. The second-order valence-electron chi connectivity index (χ2n) is 3.14. The van der Waals surface area contributed by atoms with Crippen molar-refractivity contribution >= 4 is 11.9 Å². The number of rotatable bonds is 6. The zero-order valence-corrected chi connectivity index (χ0v) is 8.93. The number of aliphatic carboxylic acids is 2. The van der Waals surface area contributed by atoms with Crippen LogP contribution in [0.3, 0.4) is 0 Å². The van der Waals surface area contributed by atoms with Crippen LogP contribution in [0.2, 0.25) is 0 Å². The summed E-state index contributed by atoms with van der Waals surface area (Å²) in [7, 11) is 0. The molecule has 0 aliphatic heterocycles. The fourth-order valence-corrected chi connectivity index (χ4v) is 1.53. The average molecular weight is 212 g/mol. The van der Waals surface area contributed by atoms with E-state index in [1.165, 1.54) is 6.08 Å². The van der Waals surface area contributed by atoms with Crippen molar-refractivity contribution in [1.29, 1.82) is 0 Å². The van der Waals surface area contributed by atoms with E-state index in [9.17, 15) is 9.59 Å². The van der Waals surface area contributed by atoms with Crippen LogP contribution in [0.25, 0.3) is 0 Å². The Labute approximate surface area is 88.9 Å². The third kappa shape index (κ3) is 3.23. The minimum Gasteiger partial charge on any atom is -0.481 e. The lowest BCUT2D eigenvalue weighted by molar-refractivity contribution is -0.141. The van der Waals surface area contributed by atoms with Gasteiger partial charge in [0.15, 0.2) is 0 Å². The molecule has 0 spiro atoms. The Kier molecular flexibility index (Phi) is 5.37. The van der Waals surface area contributed by atoms with E-state index in [-0.39, 0.29) is 0 Å². The van der Waals surface area contributed by atoms with Gasteiger partial charge in [-0.1, -0.05) is 19.1 Å². The summed E-state index contributed by atoms with van der Waals surface area (Å²) in [6.07, 6.45) is 3.17. The van der Waals surface area contributed by atoms with Crippen molar-refractivity contribution in [3.05, 3.63) is 24.3 Å². The minimum absolute atomic E-state index is 0.368. The highest BCUT2D eigenvalue weighted by atomic mass is 16.4. The highest BCUT2D eigenvalue weighted by Gasteiger charge is 2.28. The van der Waals surface area contributed by atoms with Crippen LogP contribution in [-0.2, 0) is 9.59 Å². The van der Waals surface area contributed by atoms with Gasteiger partial charge in [-0.3, -0.25) is 9.59 Å². The largest absolute Gasteiger partial charge is 0.481 e. The average Bonchev–Trinajstić information content (AvgIpc) is 2.16. The predicted octanol–water partition coefficient (Wildman–Crippen LogP) is 1.93. The molecule has 4 heteroatoms. The number of hydrogen-bond donors (Lipinski definition) is 2. The molecule has 0 amide bonds. The summed E-state index contributed by atoms with van der Waals surface area (Å²) in [5, 5.41) is 17.8. The van der Waals surface area contributed by atoms with Crippen molar-refractivity contribution < 1.29 is 19.8 Å². The van der Waals surface area contributed by atoms with E-state index < -0.39 is 23.8 Å². The van der Waals surface area contributed by atoms with Crippen LogP contribution in [0, 0.1) is 11.8 Å². The van der Waals surface area contributed by atoms with Crippen molar-refractivity contribution in [2.24, 2.45) is 11.8 Å². The maximum Gasteiger partial charge on any atom is 0.314 e. The molecule has 0 saturated heterocycles. The van der Waals surface area contributed by atoms with Crippen LogP contribution in [0.5, 0.6) is 0 Å². The molecule has 2 atom stereocenters. The van der Waals surface area contributed by atoms with Crippen molar-refractivity contribution in [3.8, 4) is 0 Å². The van der Waals surface area contributed by atoms with E-state index in [0.717, 1.165) is 0 Å². The van der Waals surface area contributed by atoms with E-state index in [1.54, 1.807) is 19.9 Å². The molecule has 15 heavy (non-hydrogen) atoms. The van der Waals surface area contributed by atoms with E-state index in [0.29, 0.717) is 12.0 Å². The van der Waals surface area contributed by atoms with E-state index in [1.807, 2.05) is 0 Å². The normalized spacial score (nSPS) is 15.5. The number of hydrogen-bond acceptors (Lipinski definition) is 2. The molecular weight excluding hydrogens is 196 g/mol. The second kappa shape index (κ2) is 6.01. The Morgan fingerprint density at radius 3 is 2.07 bits per heavy atom. The van der Waals surface area contributed by atoms with Crippen molar-refractivity contribution in [1.82, 2.24) is 0 Å². The molecule has 0 rings (SSSR count). The molecule has 0 heterocycles. The quantitative estimate of drug-likeness (QED) is 0.660. The molecule has 84 valence electrons. The Bertz CT molecular complexity index is 291. The van der Waals surface area contributed by atoms with Gasteiger partial charge < -0.3 is 10.2 Å². The molecule has 0 aliphatic rings. The highest BCUT2D eigenvalue weighted by Crippen LogP contribution is 2.24. The first-order chi connectivity index (χ1) is 6.99. The molecule has 2 N–H and O–H groups in total. The molecule has 0 fully saturated rings. The standard InChI is InChI=1S/C11H16O4/c1-4-7(8(5-2)10(12)13)9(6-3)11(14)15/h4-5,8-9H,2,6H2,1,3H3,(H,12,13)(H,14,15). The van der Waals surface area contributed by atoms with Gasteiger partial charge in [-0.05, 0) is 18.9 Å². The first-order valence-corrected chi connectivity index (χ1v) is 4.73. The zero-order valence-electron chi connectivity index (χ0n) is 8.93. The summed E-state index contributed by atoms with van der Waals surface area (Å²) in [5.74, 6) is -3.75. The van der Waals surface area contributed by atoms with E-state index in [2.05, 4.69) is 6.58 Å². The van der Waals surface area contributed by atoms with E-state index in [4.69, 9.17) is 10.2 Å². The Balaban J connectivity index is 5.12. The molecule has 0 saturated carbocycles. The van der Waals surface area contributed by atoms with Gasteiger partial charge in [-0.25, -0.2) is 0 Å². The lowest BCUT2D eigenvalue weighted by atomic mass is 9.86. The van der Waals surface area contributed by atoms with Crippen LogP contribution >= 0.6 is 0 Å². The van der Waals surface area contributed by atoms with Gasteiger partial charge in [0.1, 0.15) is 0 Å². The monoisotopic (exact) mass is 212 g/mol. The SMILES string of the molecule is C=CC(C(=O)O)C(=CC)C(CC)C(=O)O. The summed E-state index contributed by atoms with van der Waals surface area (Å²) in [6, 6.07) is 0. The number of carboxylic acids is 2. The lowest BCUT2D eigenvalue weighted by Crippen LogP contribution is -2.24. The third-order valence-corrected chi connectivity index (χ3v) is 2.30. The van der Waals surface area contributed by atoms with Crippen molar-refractivity contribution in [2.75, 3.05) is 0 Å². The van der Waals surface area contributed by atoms with Gasteiger partial charge in [0.25, 0.3) is 0 Å². The van der Waals surface area contributed by atoms with Crippen molar-refractivity contribution in [2.45, 2.75) is 20.3 Å². The fourth-order valence-electron chi connectivity index (χ4n) is 1.53. The summed E-state index contributed by atoms with van der Waals surface area (Å²) in [4.78, 5) is 21.8. The minimum atomic E-state index is -1.07. The topological polar surface area (TPSA) is 74.6 Å². The Hall–Kier alpha value is -1.58. The fraction of sp³-hybridized carbons (Fsp3) is 0.455. The van der Waals surface area contributed by atoms with Gasteiger partial charge in [0.05, 0.1) is 11.8 Å². The number of carboxylic acid groups (broad SMARTS) is 2. The predicted molar refractivity (Wildman–Crippen MR) is 56.5 cm³/mol. The van der Waals surface area contributed by atoms with Crippen LogP contribution in [0.15, 0.2) is 24.3 Å². The van der Waals surface area contributed by atoms with Crippen LogP contribution in [0.1, 0.15) is 20.3 Å². The van der Waals surface area contributed by atoms with Gasteiger partial charge in [-0.2, -0.15) is 0 Å². The Morgan fingerprint density at radius 2 is 1.87 bits per heavy atom. The molecule has 0 bridgehead atoms. The van der Waals surface area contributed by atoms with Gasteiger partial charge in [0.2, 0.25) is 0 Å². The molecule has 0 aromatic heterocycles. The first-order valence-electron chi connectivity index (χ1n) is 4.73. The van der Waals surface area contributed by atoms with Gasteiger partial charge in [-0.15, -0.1) is 6.58 Å².